The first-order valence-electron chi connectivity index (χ1n) is 10.6. The molecule has 2 heterocycles. The van der Waals surface area contributed by atoms with Crippen LogP contribution in [-0.4, -0.2) is 44.5 Å². The molecule has 0 aliphatic rings. The molecule has 0 bridgehead atoms. The Hall–Kier alpha value is -5.06. The zero-order valence-electron chi connectivity index (χ0n) is 18.8. The number of amides is 1. The van der Waals surface area contributed by atoms with E-state index in [1.165, 1.54) is 10.9 Å². The van der Waals surface area contributed by atoms with Gasteiger partial charge < -0.3 is 10.5 Å². The Kier molecular flexibility index (Phi) is 5.63. The predicted octanol–water partition coefficient (Wildman–Crippen LogP) is 3.13. The van der Waals surface area contributed by atoms with Crippen molar-refractivity contribution in [2.75, 3.05) is 12.8 Å². The molecule has 11 nitrogen and oxygen atoms in total. The van der Waals surface area contributed by atoms with Gasteiger partial charge in [0.2, 0.25) is 11.6 Å². The minimum absolute atomic E-state index is 0.0105. The van der Waals surface area contributed by atoms with Gasteiger partial charge in [-0.2, -0.15) is 9.78 Å². The van der Waals surface area contributed by atoms with Crippen LogP contribution in [0.2, 0.25) is 0 Å². The number of hydrogen-bond acceptors (Lipinski definition) is 9. The number of benzene rings is 3. The van der Waals surface area contributed by atoms with E-state index in [9.17, 15) is 4.79 Å². The normalized spacial score (nSPS) is 11.3. The average Bonchev–Trinajstić information content (AvgIpc) is 3.50. The molecule has 0 aliphatic heterocycles. The number of fused-ring (bicyclic) bond motifs is 1. The summed E-state index contributed by atoms with van der Waals surface area (Å²) in [7, 11) is 1.58. The zero-order chi connectivity index (χ0) is 24.4. The number of ether oxygens (including phenoxy) is 1. The Bertz CT molecular complexity index is 1550. The summed E-state index contributed by atoms with van der Waals surface area (Å²) in [5.74, 6) is 0.187. The maximum Gasteiger partial charge on any atom is 0.294 e. The van der Waals surface area contributed by atoms with E-state index < -0.39 is 5.91 Å². The third-order valence-electron chi connectivity index (χ3n) is 5.42. The van der Waals surface area contributed by atoms with Crippen LogP contribution in [0.25, 0.3) is 27.8 Å². The minimum atomic E-state index is -0.572. The zero-order valence-corrected chi connectivity index (χ0v) is 18.8. The number of nitrogen functional groups attached to an aromatic ring is 1. The highest BCUT2D eigenvalue weighted by molar-refractivity contribution is 6.03. The van der Waals surface area contributed by atoms with E-state index in [0.717, 1.165) is 21.9 Å². The van der Waals surface area contributed by atoms with Gasteiger partial charge in [0.05, 0.1) is 13.3 Å². The second-order valence-corrected chi connectivity index (χ2v) is 7.64. The quantitative estimate of drug-likeness (QED) is 0.285. The highest BCUT2D eigenvalue weighted by Crippen LogP contribution is 2.28. The molecule has 2 aromatic heterocycles. The van der Waals surface area contributed by atoms with Gasteiger partial charge in [0.25, 0.3) is 5.91 Å². The third-order valence-corrected chi connectivity index (χ3v) is 5.42. The standard InChI is InChI=1S/C24H20N8O3/c1-14-7-9-16(10-8-14)21-20(27-31-32(21)23-22(25)29-35-30-23)24(33)28-26-13-18-17-6-4-3-5-15(17)11-12-19(18)34-2/h3-13H,1-2H3,(H2,25,29)(H,28,33)/b26-13+. The summed E-state index contributed by atoms with van der Waals surface area (Å²) in [6, 6.07) is 19.1. The van der Waals surface area contributed by atoms with E-state index in [-0.39, 0.29) is 17.3 Å². The van der Waals surface area contributed by atoms with Gasteiger partial charge in [-0.15, -0.1) is 5.10 Å². The smallest absolute Gasteiger partial charge is 0.294 e. The van der Waals surface area contributed by atoms with Crippen LogP contribution >= 0.6 is 0 Å². The number of hydrazone groups is 1. The molecule has 0 fully saturated rings. The van der Waals surface area contributed by atoms with Crippen molar-refractivity contribution in [1.82, 2.24) is 30.7 Å². The number of anilines is 1. The van der Waals surface area contributed by atoms with Crippen molar-refractivity contribution in [3.8, 4) is 22.8 Å². The second-order valence-electron chi connectivity index (χ2n) is 7.64. The van der Waals surface area contributed by atoms with Gasteiger partial charge in [0.1, 0.15) is 11.4 Å². The van der Waals surface area contributed by atoms with Crippen LogP contribution in [0.1, 0.15) is 21.6 Å². The number of nitrogens with two attached hydrogens (primary N) is 1. The molecule has 1 amide bonds. The number of carbonyl (C=O) groups is 1. The highest BCUT2D eigenvalue weighted by atomic mass is 16.6. The van der Waals surface area contributed by atoms with Crippen LogP contribution in [-0.2, 0) is 0 Å². The number of methoxy groups -OCH3 is 1. The molecule has 0 atom stereocenters. The topological polar surface area (TPSA) is 146 Å². The molecular formula is C24H20N8O3. The molecule has 3 aromatic carbocycles. The monoisotopic (exact) mass is 468 g/mol. The molecule has 0 saturated heterocycles. The Morgan fingerprint density at radius 3 is 2.66 bits per heavy atom. The maximum absolute atomic E-state index is 13.1. The molecule has 0 saturated carbocycles. The van der Waals surface area contributed by atoms with Crippen LogP contribution in [0.15, 0.2) is 70.4 Å². The molecule has 11 heteroatoms. The van der Waals surface area contributed by atoms with Gasteiger partial charge in [-0.25, -0.2) is 10.1 Å². The van der Waals surface area contributed by atoms with Crippen LogP contribution < -0.4 is 15.9 Å². The summed E-state index contributed by atoms with van der Waals surface area (Å²) in [5.41, 5.74) is 11.2. The van der Waals surface area contributed by atoms with E-state index in [0.29, 0.717) is 17.0 Å². The summed E-state index contributed by atoms with van der Waals surface area (Å²) in [6.45, 7) is 1.96. The van der Waals surface area contributed by atoms with Gasteiger partial charge in [0.15, 0.2) is 5.69 Å². The lowest BCUT2D eigenvalue weighted by atomic mass is 10.0. The molecule has 0 radical (unpaired) electrons. The van der Waals surface area contributed by atoms with E-state index >= 15 is 0 Å². The Labute approximate surface area is 199 Å². The molecule has 35 heavy (non-hydrogen) atoms. The van der Waals surface area contributed by atoms with Gasteiger partial charge in [-0.1, -0.05) is 65.4 Å². The van der Waals surface area contributed by atoms with Crippen molar-refractivity contribution in [1.29, 1.82) is 0 Å². The average molecular weight is 468 g/mol. The summed E-state index contributed by atoms with van der Waals surface area (Å²) in [4.78, 5) is 13.1. The summed E-state index contributed by atoms with van der Waals surface area (Å²) in [5, 5.41) is 21.6. The fraction of sp³-hybridized carbons (Fsp3) is 0.0833. The molecule has 3 N–H and O–H groups in total. The number of nitrogens with zero attached hydrogens (tertiary/aromatic N) is 6. The summed E-state index contributed by atoms with van der Waals surface area (Å²) < 4.78 is 11.5. The lowest BCUT2D eigenvalue weighted by Gasteiger charge is -2.08. The van der Waals surface area contributed by atoms with Crippen LogP contribution in [0, 0.1) is 6.92 Å². The first-order chi connectivity index (χ1) is 17.1. The van der Waals surface area contributed by atoms with E-state index in [4.69, 9.17) is 15.1 Å². The maximum atomic E-state index is 13.1. The van der Waals surface area contributed by atoms with Crippen molar-refractivity contribution in [3.05, 3.63) is 77.5 Å². The number of carbonyl (C=O) groups excluding carboxylic acids is 1. The second kappa shape index (κ2) is 9.06. The van der Waals surface area contributed by atoms with Crippen molar-refractivity contribution in [3.63, 3.8) is 0 Å². The Balaban J connectivity index is 1.51. The number of hydrogen-bond donors (Lipinski definition) is 2. The molecule has 5 rings (SSSR count). The Morgan fingerprint density at radius 1 is 1.11 bits per heavy atom. The summed E-state index contributed by atoms with van der Waals surface area (Å²) in [6.07, 6.45) is 1.54. The molecular weight excluding hydrogens is 448 g/mol. The van der Waals surface area contributed by atoms with Gasteiger partial charge in [-0.05, 0) is 34.1 Å². The van der Waals surface area contributed by atoms with Crippen LogP contribution in [0.3, 0.4) is 0 Å². The SMILES string of the molecule is COc1ccc2ccccc2c1/C=N/NC(=O)c1nnn(-c2nonc2N)c1-c1ccc(C)cc1. The molecule has 0 spiro atoms. The third kappa shape index (κ3) is 4.06. The number of nitrogens with one attached hydrogen (secondary N) is 1. The highest BCUT2D eigenvalue weighted by Gasteiger charge is 2.25. The Morgan fingerprint density at radius 2 is 1.91 bits per heavy atom. The molecule has 0 unspecified atom stereocenters. The van der Waals surface area contributed by atoms with Crippen molar-refractivity contribution in [2.45, 2.75) is 6.92 Å². The van der Waals surface area contributed by atoms with E-state index in [1.54, 1.807) is 7.11 Å². The van der Waals surface area contributed by atoms with Crippen LogP contribution in [0.4, 0.5) is 5.82 Å². The lowest BCUT2D eigenvalue weighted by molar-refractivity contribution is 0.0950. The van der Waals surface area contributed by atoms with Gasteiger partial charge in [-0.3, -0.25) is 4.79 Å². The van der Waals surface area contributed by atoms with E-state index in [1.807, 2.05) is 67.6 Å². The van der Waals surface area contributed by atoms with Crippen molar-refractivity contribution >= 4 is 28.7 Å². The fourth-order valence-corrected chi connectivity index (χ4v) is 3.69. The van der Waals surface area contributed by atoms with Crippen molar-refractivity contribution in [2.24, 2.45) is 5.10 Å². The first-order valence-corrected chi connectivity index (χ1v) is 10.6. The fourth-order valence-electron chi connectivity index (χ4n) is 3.69. The molecule has 0 aliphatic carbocycles. The molecule has 5 aromatic rings. The number of rotatable bonds is 6. The van der Waals surface area contributed by atoms with Crippen molar-refractivity contribution < 1.29 is 14.2 Å². The van der Waals surface area contributed by atoms with Crippen LogP contribution in [0.5, 0.6) is 5.75 Å². The number of aryl methyl sites for hydroxylation is 1. The first kappa shape index (κ1) is 21.8. The minimum Gasteiger partial charge on any atom is -0.496 e. The lowest BCUT2D eigenvalue weighted by Crippen LogP contribution is -2.19. The van der Waals surface area contributed by atoms with E-state index in [2.05, 4.69) is 31.2 Å². The number of aromatic nitrogens is 5. The van der Waals surface area contributed by atoms with Gasteiger partial charge in [0, 0.05) is 11.1 Å². The summed E-state index contributed by atoms with van der Waals surface area (Å²) >= 11 is 0. The molecule has 174 valence electrons. The largest absolute Gasteiger partial charge is 0.496 e. The van der Waals surface area contributed by atoms with Gasteiger partial charge >= 0.3 is 0 Å². The predicted molar refractivity (Wildman–Crippen MR) is 129 cm³/mol.